The van der Waals surface area contributed by atoms with Crippen molar-refractivity contribution in [3.63, 3.8) is 0 Å². The van der Waals surface area contributed by atoms with Gasteiger partial charge in [0.15, 0.2) is 5.78 Å². The lowest BCUT2D eigenvalue weighted by Gasteiger charge is -2.09. The molecule has 0 amide bonds. The minimum Gasteiger partial charge on any atom is -0.423 e. The summed E-state index contributed by atoms with van der Waals surface area (Å²) in [4.78, 5) is 12.1. The van der Waals surface area contributed by atoms with E-state index in [4.69, 9.17) is 9.39 Å². The summed E-state index contributed by atoms with van der Waals surface area (Å²) < 4.78 is 24.4. The van der Waals surface area contributed by atoms with Crippen molar-refractivity contribution < 1.29 is 23.6 Å². The zero-order valence-corrected chi connectivity index (χ0v) is 11.1. The van der Waals surface area contributed by atoms with Crippen LogP contribution in [-0.4, -0.2) is 30.6 Å². The largest absolute Gasteiger partial charge is 0.491 e. The third kappa shape index (κ3) is 2.64. The summed E-state index contributed by atoms with van der Waals surface area (Å²) in [6, 6.07) is 2.70. The molecule has 0 aliphatic carbocycles. The molecule has 1 aromatic carbocycles. The Morgan fingerprint density at radius 2 is 2.35 bits per heavy atom. The molecule has 20 heavy (non-hydrogen) atoms. The van der Waals surface area contributed by atoms with Crippen molar-refractivity contribution in [2.45, 2.75) is 38.4 Å². The summed E-state index contributed by atoms with van der Waals surface area (Å²) in [5.41, 5.74) is 1.13. The summed E-state index contributed by atoms with van der Waals surface area (Å²) >= 11 is 0. The predicted octanol–water partition coefficient (Wildman–Crippen LogP) is 1.19. The number of ketones is 1. The van der Waals surface area contributed by atoms with Gasteiger partial charge in [0, 0.05) is 13.0 Å². The van der Waals surface area contributed by atoms with Gasteiger partial charge < -0.3 is 14.4 Å². The molecule has 2 aliphatic heterocycles. The average molecular weight is 278 g/mol. The van der Waals surface area contributed by atoms with Crippen LogP contribution in [0.25, 0.3) is 0 Å². The molecule has 0 radical (unpaired) electrons. The normalized spacial score (nSPS) is 21.3. The van der Waals surface area contributed by atoms with Gasteiger partial charge in [0.2, 0.25) is 0 Å². The first-order chi connectivity index (χ1) is 9.65. The fourth-order valence-corrected chi connectivity index (χ4v) is 2.76. The highest BCUT2D eigenvalue weighted by atomic mass is 19.1. The summed E-state index contributed by atoms with van der Waals surface area (Å²) in [5.74, 6) is -0.793. The lowest BCUT2D eigenvalue weighted by atomic mass is 9.78. The van der Waals surface area contributed by atoms with Crippen molar-refractivity contribution in [2.24, 2.45) is 0 Å². The fraction of sp³-hybridized carbons (Fsp3) is 0.500. The van der Waals surface area contributed by atoms with E-state index in [2.05, 4.69) is 0 Å². The Bertz CT molecular complexity index is 528. The molecule has 1 atom stereocenters. The number of ether oxygens (including phenoxy) is 1. The molecule has 1 unspecified atom stereocenters. The number of Topliss-reactive ketones (excluding diaryl/α,β-unsaturated/α-hetero) is 1. The third-order valence-electron chi connectivity index (χ3n) is 3.91. The highest BCUT2D eigenvalue weighted by molar-refractivity contribution is 6.61. The first kappa shape index (κ1) is 13.7. The molecule has 0 aromatic heterocycles. The van der Waals surface area contributed by atoms with Gasteiger partial charge in [-0.25, -0.2) is 4.39 Å². The molecule has 1 fully saturated rings. The molecule has 0 bridgehead atoms. The molecule has 1 saturated heterocycles. The Balaban J connectivity index is 1.72. The topological polar surface area (TPSA) is 55.8 Å². The van der Waals surface area contributed by atoms with Crippen molar-refractivity contribution in [2.75, 3.05) is 6.61 Å². The number of carbonyl (C=O) groups excluding carboxylic acids is 1. The van der Waals surface area contributed by atoms with Gasteiger partial charge in [-0.3, -0.25) is 4.79 Å². The van der Waals surface area contributed by atoms with Crippen molar-refractivity contribution in [3.8, 4) is 0 Å². The van der Waals surface area contributed by atoms with E-state index >= 15 is 0 Å². The van der Waals surface area contributed by atoms with Crippen LogP contribution in [0.15, 0.2) is 12.1 Å². The molecule has 6 heteroatoms. The van der Waals surface area contributed by atoms with Crippen molar-refractivity contribution in [1.82, 2.24) is 0 Å². The summed E-state index contributed by atoms with van der Waals surface area (Å²) in [5, 5.41) is 9.61. The fourth-order valence-electron chi connectivity index (χ4n) is 2.76. The third-order valence-corrected chi connectivity index (χ3v) is 3.91. The van der Waals surface area contributed by atoms with Gasteiger partial charge in [0.25, 0.3) is 0 Å². The van der Waals surface area contributed by atoms with Gasteiger partial charge in [-0.05, 0) is 42.4 Å². The van der Waals surface area contributed by atoms with Gasteiger partial charge in [-0.2, -0.15) is 0 Å². The highest BCUT2D eigenvalue weighted by Gasteiger charge is 2.30. The number of halogens is 1. The molecular formula is C14H16BFO4. The number of benzene rings is 1. The number of hydrogen-bond acceptors (Lipinski definition) is 4. The van der Waals surface area contributed by atoms with Crippen LogP contribution in [-0.2, 0) is 16.0 Å². The standard InChI is InChI=1S/C14H16BFO4/c16-13-6-9-8-20-15(18)12(9)7-11(13)14(17)4-3-10-2-1-5-19-10/h6-7,10,18H,1-5,8H2. The second kappa shape index (κ2) is 5.64. The molecule has 106 valence electrons. The second-order valence-corrected chi connectivity index (χ2v) is 5.29. The minimum atomic E-state index is -1.06. The number of carbonyl (C=O) groups is 1. The number of hydrogen-bond donors (Lipinski definition) is 1. The summed E-state index contributed by atoms with van der Waals surface area (Å²) in [7, 11) is -1.06. The predicted molar refractivity (Wildman–Crippen MR) is 71.3 cm³/mol. The van der Waals surface area contributed by atoms with E-state index in [1.807, 2.05) is 0 Å². The molecule has 1 N–H and O–H groups in total. The van der Waals surface area contributed by atoms with Crippen LogP contribution in [0.1, 0.15) is 41.6 Å². The van der Waals surface area contributed by atoms with Crippen molar-refractivity contribution >= 4 is 18.4 Å². The lowest BCUT2D eigenvalue weighted by molar-refractivity contribution is 0.0856. The van der Waals surface area contributed by atoms with E-state index in [9.17, 15) is 14.2 Å². The van der Waals surface area contributed by atoms with Gasteiger partial charge >= 0.3 is 7.12 Å². The van der Waals surface area contributed by atoms with Crippen LogP contribution >= 0.6 is 0 Å². The van der Waals surface area contributed by atoms with Crippen LogP contribution in [0.5, 0.6) is 0 Å². The van der Waals surface area contributed by atoms with Crippen LogP contribution in [0.2, 0.25) is 0 Å². The Kier molecular flexibility index (Phi) is 3.87. The molecule has 4 nitrogen and oxygen atoms in total. The SMILES string of the molecule is O=C(CCC1CCCO1)c1cc2c(cc1F)COB2O. The smallest absolute Gasteiger partial charge is 0.423 e. The first-order valence-corrected chi connectivity index (χ1v) is 6.92. The number of fused-ring (bicyclic) bond motifs is 1. The van der Waals surface area contributed by atoms with Gasteiger partial charge in [0.05, 0.1) is 18.3 Å². The monoisotopic (exact) mass is 278 g/mol. The van der Waals surface area contributed by atoms with Crippen LogP contribution < -0.4 is 5.46 Å². The molecule has 3 rings (SSSR count). The average Bonchev–Trinajstić information content (AvgIpc) is 3.06. The van der Waals surface area contributed by atoms with Crippen LogP contribution in [0.4, 0.5) is 4.39 Å². The van der Waals surface area contributed by atoms with E-state index in [1.165, 1.54) is 12.1 Å². The minimum absolute atomic E-state index is 0.0336. The zero-order valence-electron chi connectivity index (χ0n) is 11.1. The maximum absolute atomic E-state index is 13.9. The maximum Gasteiger partial charge on any atom is 0.491 e. The van der Waals surface area contributed by atoms with E-state index in [0.29, 0.717) is 17.4 Å². The Morgan fingerprint density at radius 3 is 3.10 bits per heavy atom. The Morgan fingerprint density at radius 1 is 1.50 bits per heavy atom. The van der Waals surface area contributed by atoms with Crippen molar-refractivity contribution in [1.29, 1.82) is 0 Å². The Labute approximate surface area is 117 Å². The zero-order chi connectivity index (χ0) is 14.1. The highest BCUT2D eigenvalue weighted by Crippen LogP contribution is 2.20. The van der Waals surface area contributed by atoms with Crippen LogP contribution in [0, 0.1) is 5.82 Å². The molecule has 2 aliphatic rings. The summed E-state index contributed by atoms with van der Waals surface area (Å²) in [6.07, 6.45) is 2.98. The van der Waals surface area contributed by atoms with E-state index in [-0.39, 0.29) is 30.5 Å². The lowest BCUT2D eigenvalue weighted by Crippen LogP contribution is -2.29. The van der Waals surface area contributed by atoms with Gasteiger partial charge in [-0.1, -0.05) is 0 Å². The second-order valence-electron chi connectivity index (χ2n) is 5.29. The first-order valence-electron chi connectivity index (χ1n) is 6.92. The molecular weight excluding hydrogens is 262 g/mol. The van der Waals surface area contributed by atoms with Crippen LogP contribution in [0.3, 0.4) is 0 Å². The quantitative estimate of drug-likeness (QED) is 0.664. The van der Waals surface area contributed by atoms with Gasteiger partial charge in [0.1, 0.15) is 5.82 Å². The van der Waals surface area contributed by atoms with Gasteiger partial charge in [-0.15, -0.1) is 0 Å². The summed E-state index contributed by atoms with van der Waals surface area (Å²) in [6.45, 7) is 0.924. The van der Waals surface area contributed by atoms with E-state index < -0.39 is 12.9 Å². The maximum atomic E-state index is 13.9. The molecule has 0 spiro atoms. The van der Waals surface area contributed by atoms with Crippen molar-refractivity contribution in [3.05, 3.63) is 29.1 Å². The molecule has 0 saturated carbocycles. The number of rotatable bonds is 4. The molecule has 2 heterocycles. The molecule has 1 aromatic rings. The Hall–Kier alpha value is -1.24. The van der Waals surface area contributed by atoms with E-state index in [1.54, 1.807) is 0 Å². The van der Waals surface area contributed by atoms with E-state index in [0.717, 1.165) is 19.4 Å².